The number of rotatable bonds is 13. The van der Waals surface area contributed by atoms with Gasteiger partial charge in [-0.3, -0.25) is 9.59 Å². The number of anilines is 1. The molecule has 0 bridgehead atoms. The van der Waals surface area contributed by atoms with Gasteiger partial charge >= 0.3 is 0 Å². The van der Waals surface area contributed by atoms with E-state index in [9.17, 15) is 9.59 Å². The van der Waals surface area contributed by atoms with Crippen LogP contribution in [0, 0.1) is 0 Å². The maximum Gasteiger partial charge on any atom is 0.231 e. The number of halogens is 1. The van der Waals surface area contributed by atoms with Crippen LogP contribution < -0.4 is 24.3 Å². The van der Waals surface area contributed by atoms with Crippen LogP contribution in [0.15, 0.2) is 54.6 Å². The van der Waals surface area contributed by atoms with Gasteiger partial charge in [-0.2, -0.15) is 5.10 Å². The third-order valence-electron chi connectivity index (χ3n) is 7.85. The van der Waals surface area contributed by atoms with Crippen molar-refractivity contribution in [2.24, 2.45) is 0 Å². The molecule has 228 valence electrons. The molecule has 3 aromatic carbocycles. The fourth-order valence-electron chi connectivity index (χ4n) is 5.51. The number of nitrogens with zero attached hydrogens (tertiary/aromatic N) is 2. The summed E-state index contributed by atoms with van der Waals surface area (Å²) in [6.45, 7) is 3.12. The van der Waals surface area contributed by atoms with Crippen LogP contribution in [0.5, 0.6) is 23.0 Å². The maximum absolute atomic E-state index is 13.4. The van der Waals surface area contributed by atoms with E-state index < -0.39 is 0 Å². The molecule has 10 heteroatoms. The van der Waals surface area contributed by atoms with E-state index in [0.29, 0.717) is 65.1 Å². The van der Waals surface area contributed by atoms with Gasteiger partial charge in [0.25, 0.3) is 0 Å². The van der Waals surface area contributed by atoms with E-state index in [2.05, 4.69) is 12.2 Å². The van der Waals surface area contributed by atoms with Crippen molar-refractivity contribution >= 4 is 28.9 Å². The summed E-state index contributed by atoms with van der Waals surface area (Å²) in [5.74, 6) is 2.62. The summed E-state index contributed by atoms with van der Waals surface area (Å²) in [6, 6.07) is 16.6. The molecule has 0 saturated carbocycles. The molecule has 0 radical (unpaired) electrons. The van der Waals surface area contributed by atoms with Crippen molar-refractivity contribution in [1.82, 2.24) is 9.78 Å². The Hall–Kier alpha value is -4.50. The van der Waals surface area contributed by atoms with Crippen molar-refractivity contribution in [2.45, 2.75) is 52.1 Å². The van der Waals surface area contributed by atoms with Gasteiger partial charge in [0.1, 0.15) is 23.8 Å². The Morgan fingerprint density at radius 3 is 2.57 bits per heavy atom. The van der Waals surface area contributed by atoms with Crippen LogP contribution >= 0.6 is 11.6 Å². The third-order valence-corrected chi connectivity index (χ3v) is 8.16. The van der Waals surface area contributed by atoms with E-state index in [1.54, 1.807) is 25.3 Å². The highest BCUT2D eigenvalue weighted by molar-refractivity contribution is 6.34. The van der Waals surface area contributed by atoms with Crippen LogP contribution in [-0.2, 0) is 6.61 Å². The van der Waals surface area contributed by atoms with Gasteiger partial charge in [0.2, 0.25) is 6.79 Å². The summed E-state index contributed by atoms with van der Waals surface area (Å²) in [5, 5.41) is 8.66. The van der Waals surface area contributed by atoms with Crippen molar-refractivity contribution in [3.8, 4) is 39.9 Å². The highest BCUT2D eigenvalue weighted by atomic mass is 35.5. The Kier molecular flexibility index (Phi) is 8.74. The van der Waals surface area contributed by atoms with Gasteiger partial charge < -0.3 is 24.3 Å². The topological polar surface area (TPSA) is 101 Å². The van der Waals surface area contributed by atoms with E-state index in [1.807, 2.05) is 41.1 Å². The first-order valence-corrected chi connectivity index (χ1v) is 15.3. The van der Waals surface area contributed by atoms with Gasteiger partial charge in [-0.15, -0.1) is 0 Å². The maximum atomic E-state index is 13.4. The van der Waals surface area contributed by atoms with Gasteiger partial charge in [0.05, 0.1) is 23.5 Å². The van der Waals surface area contributed by atoms with Crippen LogP contribution in [0.25, 0.3) is 16.9 Å². The lowest BCUT2D eigenvalue weighted by atomic mass is 9.98. The van der Waals surface area contributed by atoms with Crippen molar-refractivity contribution in [3.63, 3.8) is 0 Å². The molecule has 3 heterocycles. The van der Waals surface area contributed by atoms with Crippen LogP contribution in [0.4, 0.5) is 5.69 Å². The number of Topliss-reactive ketones (excluding diaryl/α,β-unsaturated/α-hetero) is 2. The molecule has 2 aliphatic heterocycles. The van der Waals surface area contributed by atoms with Crippen LogP contribution in [-0.4, -0.2) is 41.8 Å². The number of fused-ring (bicyclic) bond motifs is 4. The van der Waals surface area contributed by atoms with Gasteiger partial charge in [-0.05, 0) is 61.4 Å². The first-order chi connectivity index (χ1) is 21.5. The normalized spacial score (nSPS) is 12.7. The number of ketones is 2. The smallest absolute Gasteiger partial charge is 0.231 e. The summed E-state index contributed by atoms with van der Waals surface area (Å²) in [7, 11) is 1.56. The predicted octanol–water partition coefficient (Wildman–Crippen LogP) is 7.66. The summed E-state index contributed by atoms with van der Waals surface area (Å²) in [4.78, 5) is 26.1. The molecule has 9 nitrogen and oxygen atoms in total. The van der Waals surface area contributed by atoms with Crippen molar-refractivity contribution < 1.29 is 28.5 Å². The lowest BCUT2D eigenvalue weighted by Gasteiger charge is -2.21. The molecule has 0 atom stereocenters. The Morgan fingerprint density at radius 1 is 0.932 bits per heavy atom. The van der Waals surface area contributed by atoms with Gasteiger partial charge in [-0.25, -0.2) is 4.68 Å². The predicted molar refractivity (Wildman–Crippen MR) is 168 cm³/mol. The third kappa shape index (κ3) is 5.97. The number of nitrogens with one attached hydrogen (secondary N) is 1. The fourth-order valence-corrected chi connectivity index (χ4v) is 5.79. The molecule has 0 saturated heterocycles. The number of carbonyl (C=O) groups is 2. The van der Waals surface area contributed by atoms with Gasteiger partial charge in [0.15, 0.2) is 23.1 Å². The Bertz CT molecular complexity index is 1720. The van der Waals surface area contributed by atoms with E-state index >= 15 is 0 Å². The van der Waals surface area contributed by atoms with Gasteiger partial charge in [0, 0.05) is 47.8 Å². The van der Waals surface area contributed by atoms with E-state index in [1.165, 1.54) is 0 Å². The van der Waals surface area contributed by atoms with E-state index in [0.717, 1.165) is 47.5 Å². The summed E-state index contributed by atoms with van der Waals surface area (Å²) in [6.07, 6.45) is 4.24. The minimum Gasteiger partial charge on any atom is -0.497 e. The second-order valence-corrected chi connectivity index (χ2v) is 11.2. The molecule has 6 rings (SSSR count). The first-order valence-electron chi connectivity index (χ1n) is 14.9. The molecule has 0 spiro atoms. The average Bonchev–Trinajstić information content (AvgIpc) is 3.68. The number of unbranched alkanes of at least 4 members (excludes halogenated alkanes) is 2. The van der Waals surface area contributed by atoms with Crippen LogP contribution in [0.3, 0.4) is 0 Å². The molecule has 2 aliphatic rings. The lowest BCUT2D eigenvalue weighted by molar-refractivity contribution is 0.0967. The Balaban J connectivity index is 1.24. The fraction of sp³-hybridized carbons (Fsp3) is 0.324. The zero-order chi connectivity index (χ0) is 30.6. The van der Waals surface area contributed by atoms with Crippen LogP contribution in [0.1, 0.15) is 71.9 Å². The molecule has 0 fully saturated rings. The molecular weight excluding hydrogens is 582 g/mol. The molecule has 0 aliphatic carbocycles. The monoisotopic (exact) mass is 615 g/mol. The number of aromatic nitrogens is 2. The summed E-state index contributed by atoms with van der Waals surface area (Å²) < 4.78 is 24.3. The molecule has 0 unspecified atom stereocenters. The van der Waals surface area contributed by atoms with Crippen LogP contribution in [0.2, 0.25) is 5.02 Å². The SMILES string of the molecule is CCCCCC(=O)c1nn(-c2ccc3c(c2)OCO3)c2c1COc1ccc(NCCCC(=O)c3ccc(OC)cc3Cl)cc1-2. The second-order valence-electron chi connectivity index (χ2n) is 10.8. The highest BCUT2D eigenvalue weighted by Crippen LogP contribution is 2.43. The molecular formula is C34H34ClN3O6. The zero-order valence-electron chi connectivity index (χ0n) is 24.8. The molecule has 1 N–H and O–H groups in total. The summed E-state index contributed by atoms with van der Waals surface area (Å²) in [5.41, 5.74) is 4.98. The van der Waals surface area contributed by atoms with Gasteiger partial charge in [-0.1, -0.05) is 31.4 Å². The quantitative estimate of drug-likeness (QED) is 0.121. The van der Waals surface area contributed by atoms with Crippen molar-refractivity contribution in [1.29, 1.82) is 0 Å². The number of carbonyl (C=O) groups excluding carboxylic acids is 2. The second kappa shape index (κ2) is 13.0. The molecule has 0 amide bonds. The minimum atomic E-state index is -0.0216. The number of hydrogen-bond acceptors (Lipinski definition) is 8. The first kappa shape index (κ1) is 29.6. The Labute approximate surface area is 261 Å². The number of methoxy groups -OCH3 is 1. The lowest BCUT2D eigenvalue weighted by Crippen LogP contribution is -2.11. The average molecular weight is 616 g/mol. The largest absolute Gasteiger partial charge is 0.497 e. The molecule has 1 aromatic heterocycles. The Morgan fingerprint density at radius 2 is 1.75 bits per heavy atom. The minimum absolute atomic E-state index is 0.0113. The number of ether oxygens (including phenoxy) is 4. The standard InChI is InChI=1S/C34H34ClN3O6/c1-3-4-5-7-29(40)33-26-19-42-30-13-9-21(36-15-6-8-28(39)24-12-11-23(41-2)18-27(24)35)16-25(30)34(26)38(37-33)22-10-14-31-32(17-22)44-20-43-31/h9-14,16-18,36H,3-8,15,19-20H2,1-2H3. The molecule has 4 aromatic rings. The van der Waals surface area contributed by atoms with E-state index in [-0.39, 0.29) is 25.0 Å². The number of benzene rings is 3. The number of hydrogen-bond donors (Lipinski definition) is 1. The summed E-state index contributed by atoms with van der Waals surface area (Å²) >= 11 is 6.29. The zero-order valence-corrected chi connectivity index (χ0v) is 25.5. The highest BCUT2D eigenvalue weighted by Gasteiger charge is 2.30. The molecule has 44 heavy (non-hydrogen) atoms. The van der Waals surface area contributed by atoms with Crippen molar-refractivity contribution in [2.75, 3.05) is 25.8 Å². The van der Waals surface area contributed by atoms with Crippen molar-refractivity contribution in [3.05, 3.63) is 76.4 Å². The van der Waals surface area contributed by atoms with E-state index in [4.69, 9.17) is 35.6 Å².